The molecule has 0 amide bonds. The summed E-state index contributed by atoms with van der Waals surface area (Å²) >= 11 is 0. The van der Waals surface area contributed by atoms with Gasteiger partial charge in [-0.1, -0.05) is 141 Å². The van der Waals surface area contributed by atoms with Gasteiger partial charge >= 0.3 is 11.9 Å². The van der Waals surface area contributed by atoms with Crippen molar-refractivity contribution in [1.82, 2.24) is 0 Å². The van der Waals surface area contributed by atoms with Gasteiger partial charge in [0.05, 0.1) is 12.3 Å². The van der Waals surface area contributed by atoms with E-state index in [0.717, 1.165) is 25.8 Å². The van der Waals surface area contributed by atoms with Gasteiger partial charge in [0.2, 0.25) is 0 Å². The molecule has 39 heavy (non-hydrogen) atoms. The Hall–Kier alpha value is -1.62. The van der Waals surface area contributed by atoms with Gasteiger partial charge in [0, 0.05) is 0 Å². The van der Waals surface area contributed by atoms with Gasteiger partial charge < -0.3 is 15.9 Å². The van der Waals surface area contributed by atoms with Gasteiger partial charge in [0.25, 0.3) is 0 Å². The third-order valence-corrected chi connectivity index (χ3v) is 7.02. The Kier molecular flexibility index (Phi) is 34.9. The minimum absolute atomic E-state index is 0.344. The molecule has 0 bridgehead atoms. The third kappa shape index (κ3) is 36.4. The Morgan fingerprint density at radius 1 is 0.564 bits per heavy atom. The van der Waals surface area contributed by atoms with E-state index in [2.05, 4.69) is 26.0 Å². The number of hydrogen-bond acceptors (Lipinski definition) is 3. The summed E-state index contributed by atoms with van der Waals surface area (Å²) in [6.07, 6.45) is 37.6. The fourth-order valence-electron chi connectivity index (χ4n) is 4.47. The second-order valence-corrected chi connectivity index (χ2v) is 11.0. The summed E-state index contributed by atoms with van der Waals surface area (Å²) < 4.78 is 0. The molecule has 5 nitrogen and oxygen atoms in total. The zero-order chi connectivity index (χ0) is 29.2. The van der Waals surface area contributed by atoms with Crippen LogP contribution in [0.2, 0.25) is 0 Å². The first-order valence-corrected chi connectivity index (χ1v) is 16.5. The highest BCUT2D eigenvalue weighted by Crippen LogP contribution is 2.12. The maximum atomic E-state index is 10.8. The van der Waals surface area contributed by atoms with Crippen LogP contribution in [0.15, 0.2) is 24.3 Å². The second-order valence-electron chi connectivity index (χ2n) is 11.0. The number of carbonyl (C=O) groups is 2. The lowest BCUT2D eigenvalue weighted by Crippen LogP contribution is -2.15. The number of unbranched alkanes of at least 4 members (excludes halogenated alkanes) is 20. The zero-order valence-electron chi connectivity index (χ0n) is 25.9. The van der Waals surface area contributed by atoms with Crippen LogP contribution < -0.4 is 5.73 Å². The van der Waals surface area contributed by atoms with E-state index in [1.54, 1.807) is 6.08 Å². The molecular weight excluding hydrogens is 486 g/mol. The highest BCUT2D eigenvalue weighted by atomic mass is 16.4. The molecule has 0 aromatic rings. The van der Waals surface area contributed by atoms with Gasteiger partial charge in [-0.25, -0.2) is 0 Å². The molecular formula is C34H65NO4. The van der Waals surface area contributed by atoms with E-state index < -0.39 is 17.9 Å². The first kappa shape index (κ1) is 39.5. The van der Waals surface area contributed by atoms with Crippen molar-refractivity contribution in [2.24, 2.45) is 11.7 Å². The Morgan fingerprint density at radius 2 is 0.923 bits per heavy atom. The number of nitrogens with two attached hydrogens (primary N) is 1. The molecule has 0 radical (unpaired) electrons. The van der Waals surface area contributed by atoms with Gasteiger partial charge in [-0.2, -0.15) is 0 Å². The Balaban J connectivity index is 0. The summed E-state index contributed by atoms with van der Waals surface area (Å²) in [5, 5.41) is 17.4. The molecule has 0 fully saturated rings. The van der Waals surface area contributed by atoms with Gasteiger partial charge in [0.1, 0.15) is 0 Å². The summed E-state index contributed by atoms with van der Waals surface area (Å²) in [7, 11) is 0. The van der Waals surface area contributed by atoms with E-state index in [4.69, 9.17) is 15.9 Å². The van der Waals surface area contributed by atoms with Crippen LogP contribution in [0.1, 0.15) is 168 Å². The summed E-state index contributed by atoms with van der Waals surface area (Å²) in [4.78, 5) is 21.3. The predicted octanol–water partition coefficient (Wildman–Crippen LogP) is 10.2. The van der Waals surface area contributed by atoms with Crippen LogP contribution in [0.4, 0.5) is 0 Å². The minimum Gasteiger partial charge on any atom is -0.481 e. The van der Waals surface area contributed by atoms with Crippen LogP contribution in [0.5, 0.6) is 0 Å². The third-order valence-electron chi connectivity index (χ3n) is 7.02. The predicted molar refractivity (Wildman–Crippen MR) is 168 cm³/mol. The average molecular weight is 552 g/mol. The van der Waals surface area contributed by atoms with E-state index >= 15 is 0 Å². The number of allylic oxidation sites excluding steroid dienone is 3. The van der Waals surface area contributed by atoms with Crippen LogP contribution in [0, 0.1) is 5.92 Å². The Morgan fingerprint density at radius 3 is 1.28 bits per heavy atom. The lowest BCUT2D eigenvalue weighted by atomic mass is 10.0. The first-order valence-electron chi connectivity index (χ1n) is 16.5. The topological polar surface area (TPSA) is 101 Å². The Bertz CT molecular complexity index is 574. The van der Waals surface area contributed by atoms with E-state index in [-0.39, 0.29) is 6.42 Å². The molecule has 0 aliphatic rings. The summed E-state index contributed by atoms with van der Waals surface area (Å²) in [5.41, 5.74) is 5.47. The maximum Gasteiger partial charge on any atom is 0.310 e. The summed E-state index contributed by atoms with van der Waals surface area (Å²) in [6.45, 7) is 5.35. The molecule has 1 unspecified atom stereocenters. The normalized spacial score (nSPS) is 12.1. The van der Waals surface area contributed by atoms with E-state index in [1.165, 1.54) is 134 Å². The summed E-state index contributed by atoms with van der Waals surface area (Å²) in [5.74, 6) is -3.05. The van der Waals surface area contributed by atoms with E-state index in [9.17, 15) is 9.59 Å². The maximum absolute atomic E-state index is 10.8. The van der Waals surface area contributed by atoms with Crippen LogP contribution in [0.25, 0.3) is 0 Å². The van der Waals surface area contributed by atoms with Crippen LogP contribution in [0.3, 0.4) is 0 Å². The molecule has 0 aliphatic heterocycles. The molecule has 0 heterocycles. The zero-order valence-corrected chi connectivity index (χ0v) is 25.9. The standard InChI is InChI=1S/C18H37N.C16H28O4/c1-2-3-4-5-6-7-8-9-10-11-12-13-14-15-16-17-18-19;1-2-3-4-5-6-7-8-9-10-11-12-14(16(19)20)13-15(17)18/h9-10H,2-8,11-19H2,1H3;11-12,14H,2-10,13H2,1H3,(H,17,18)(H,19,20)/b10-9-;. The van der Waals surface area contributed by atoms with Crippen molar-refractivity contribution in [3.05, 3.63) is 24.3 Å². The molecule has 0 saturated heterocycles. The van der Waals surface area contributed by atoms with Crippen LogP contribution in [-0.4, -0.2) is 28.7 Å². The molecule has 1 atom stereocenters. The van der Waals surface area contributed by atoms with Crippen molar-refractivity contribution in [2.75, 3.05) is 6.54 Å². The monoisotopic (exact) mass is 551 g/mol. The molecule has 0 saturated carbocycles. The number of carboxylic acids is 2. The highest BCUT2D eigenvalue weighted by Gasteiger charge is 2.17. The van der Waals surface area contributed by atoms with Crippen molar-refractivity contribution < 1.29 is 19.8 Å². The lowest BCUT2D eigenvalue weighted by Gasteiger charge is -2.03. The molecule has 230 valence electrons. The van der Waals surface area contributed by atoms with Crippen molar-refractivity contribution in [1.29, 1.82) is 0 Å². The van der Waals surface area contributed by atoms with E-state index in [1.807, 2.05) is 0 Å². The molecule has 5 heteroatoms. The molecule has 0 spiro atoms. The largest absolute Gasteiger partial charge is 0.481 e. The Labute approximate surface area is 242 Å². The molecule has 4 N–H and O–H groups in total. The molecule has 0 aromatic heterocycles. The fraction of sp³-hybridized carbons (Fsp3) is 0.824. The lowest BCUT2D eigenvalue weighted by molar-refractivity contribution is -0.146. The van der Waals surface area contributed by atoms with Gasteiger partial charge in [0.15, 0.2) is 0 Å². The SMILES string of the molecule is CCCCCCCC/C=C\CCCCCCCCN.CCCCCCCCCCC=CC(CC(=O)O)C(=O)O. The number of hydrogen-bond donors (Lipinski definition) is 3. The minimum atomic E-state index is -1.07. The smallest absolute Gasteiger partial charge is 0.310 e. The summed E-state index contributed by atoms with van der Waals surface area (Å²) in [6, 6.07) is 0. The van der Waals surface area contributed by atoms with Gasteiger partial charge in [-0.05, 0) is 51.5 Å². The van der Waals surface area contributed by atoms with Gasteiger partial charge in [-0.15, -0.1) is 0 Å². The van der Waals surface area contributed by atoms with Crippen LogP contribution in [-0.2, 0) is 9.59 Å². The number of aliphatic carboxylic acids is 2. The van der Waals surface area contributed by atoms with Crippen molar-refractivity contribution >= 4 is 11.9 Å². The molecule has 0 aliphatic carbocycles. The van der Waals surface area contributed by atoms with Crippen molar-refractivity contribution in [2.45, 2.75) is 168 Å². The first-order chi connectivity index (χ1) is 19.0. The number of rotatable bonds is 28. The van der Waals surface area contributed by atoms with Crippen molar-refractivity contribution in [3.63, 3.8) is 0 Å². The number of carboxylic acid groups (broad SMARTS) is 2. The highest BCUT2D eigenvalue weighted by molar-refractivity contribution is 5.79. The molecule has 0 aromatic carbocycles. The quantitative estimate of drug-likeness (QED) is 0.0663. The fourth-order valence-corrected chi connectivity index (χ4v) is 4.47. The molecule has 0 rings (SSSR count). The second kappa shape index (κ2) is 34.4. The van der Waals surface area contributed by atoms with Crippen LogP contribution >= 0.6 is 0 Å². The average Bonchev–Trinajstić information content (AvgIpc) is 2.91. The van der Waals surface area contributed by atoms with Gasteiger partial charge in [-0.3, -0.25) is 9.59 Å². The van der Waals surface area contributed by atoms with Crippen molar-refractivity contribution in [3.8, 4) is 0 Å². The van der Waals surface area contributed by atoms with E-state index in [0.29, 0.717) is 0 Å².